The molecule has 3 nitrogen and oxygen atoms in total. The first-order valence-electron chi connectivity index (χ1n) is 11.5. The molecule has 0 bridgehead atoms. The van der Waals surface area contributed by atoms with Gasteiger partial charge >= 0.3 is 6.18 Å². The Bertz CT molecular complexity index is 1450. The Morgan fingerprint density at radius 3 is 2.26 bits per heavy atom. The lowest BCUT2D eigenvalue weighted by atomic mass is 9.81. The van der Waals surface area contributed by atoms with Crippen molar-refractivity contribution in [2.75, 3.05) is 6.54 Å². The summed E-state index contributed by atoms with van der Waals surface area (Å²) >= 11 is 18.5. The van der Waals surface area contributed by atoms with E-state index in [1.165, 1.54) is 6.07 Å². The molecule has 1 N–H and O–H groups in total. The minimum absolute atomic E-state index is 0.0376. The first-order chi connectivity index (χ1) is 17.8. The number of nitrogens with zero attached hydrogens (tertiary/aromatic N) is 1. The summed E-state index contributed by atoms with van der Waals surface area (Å²) in [6.45, 7) is 0.119. The molecule has 0 radical (unpaired) electrons. The van der Waals surface area contributed by atoms with Gasteiger partial charge in [0.05, 0.1) is 20.8 Å². The lowest BCUT2D eigenvalue weighted by Crippen LogP contribution is -2.42. The summed E-state index contributed by atoms with van der Waals surface area (Å²) in [6.07, 6.45) is -5.75. The van der Waals surface area contributed by atoms with Crippen LogP contribution in [0.15, 0.2) is 52.9 Å². The van der Waals surface area contributed by atoms with Crippen molar-refractivity contribution in [2.45, 2.75) is 36.1 Å². The summed E-state index contributed by atoms with van der Waals surface area (Å²) < 4.78 is 71.7. The van der Waals surface area contributed by atoms with E-state index >= 15 is 0 Å². The van der Waals surface area contributed by atoms with E-state index in [1.54, 1.807) is 30.3 Å². The average molecular weight is 608 g/mol. The van der Waals surface area contributed by atoms with E-state index in [9.17, 15) is 26.7 Å². The SMILES string of the molecule is O=C(NCC1CC(F)(F)C1)c1ccc(C2=NSC(c3cc(Cl)c(Cl)c(Cl)c3)(C(F)(F)F)C2)c2ccccc12. The number of carbonyl (C=O) groups is 1. The highest BCUT2D eigenvalue weighted by atomic mass is 35.5. The fourth-order valence-electron chi connectivity index (χ4n) is 4.85. The first-order valence-corrected chi connectivity index (χ1v) is 13.4. The van der Waals surface area contributed by atoms with Gasteiger partial charge in [0.25, 0.3) is 5.91 Å². The molecule has 1 aliphatic heterocycles. The molecule has 3 aromatic rings. The van der Waals surface area contributed by atoms with E-state index in [1.807, 2.05) is 0 Å². The van der Waals surface area contributed by atoms with E-state index in [2.05, 4.69) is 9.71 Å². The molecule has 38 heavy (non-hydrogen) atoms. The molecule has 1 aliphatic carbocycles. The molecule has 1 saturated carbocycles. The van der Waals surface area contributed by atoms with E-state index in [0.717, 1.165) is 12.1 Å². The van der Waals surface area contributed by atoms with Crippen LogP contribution in [-0.4, -0.2) is 30.3 Å². The normalized spacial score (nSPS) is 21.3. The lowest BCUT2D eigenvalue weighted by Gasteiger charge is -2.34. The largest absolute Gasteiger partial charge is 0.409 e. The molecule has 0 spiro atoms. The second-order valence-electron chi connectivity index (χ2n) is 9.43. The fourth-order valence-corrected chi connectivity index (χ4v) is 6.40. The van der Waals surface area contributed by atoms with Gasteiger partial charge in [0, 0.05) is 36.9 Å². The number of nitrogens with one attached hydrogen (secondary N) is 1. The molecular weight excluding hydrogens is 590 g/mol. The minimum Gasteiger partial charge on any atom is -0.352 e. The van der Waals surface area contributed by atoms with Crippen LogP contribution in [0.3, 0.4) is 0 Å². The zero-order valence-electron chi connectivity index (χ0n) is 19.3. The number of hydrogen-bond donors (Lipinski definition) is 1. The predicted molar refractivity (Wildman–Crippen MR) is 142 cm³/mol. The second kappa shape index (κ2) is 9.84. The number of alkyl halides is 5. The van der Waals surface area contributed by atoms with E-state index in [4.69, 9.17) is 34.8 Å². The standard InChI is InChI=1S/C26H18Cl3F5N2OS/c27-19-7-14(8-20(28)22(19)29)25(26(32,33)34)11-21(36-38-25)17-5-6-18(16-4-2-1-3-15(16)17)23(37)35-12-13-9-24(30,31)10-13/h1-8,13H,9-12H2,(H,35,37). The molecule has 1 amide bonds. The van der Waals surface area contributed by atoms with Gasteiger partial charge in [-0.2, -0.15) is 13.2 Å². The van der Waals surface area contributed by atoms with Crippen LogP contribution in [0.5, 0.6) is 0 Å². The maximum Gasteiger partial charge on any atom is 0.409 e. The Hall–Kier alpha value is -2.07. The zero-order chi connectivity index (χ0) is 27.5. The van der Waals surface area contributed by atoms with Crippen LogP contribution in [0, 0.1) is 5.92 Å². The van der Waals surface area contributed by atoms with Gasteiger partial charge in [0.1, 0.15) is 0 Å². The van der Waals surface area contributed by atoms with Crippen molar-refractivity contribution in [3.63, 3.8) is 0 Å². The maximum absolute atomic E-state index is 14.6. The molecule has 1 unspecified atom stereocenters. The quantitative estimate of drug-likeness (QED) is 0.179. The van der Waals surface area contributed by atoms with Crippen LogP contribution in [-0.2, 0) is 4.75 Å². The molecule has 5 rings (SSSR count). The van der Waals surface area contributed by atoms with Crippen molar-refractivity contribution < 1.29 is 26.7 Å². The summed E-state index contributed by atoms with van der Waals surface area (Å²) in [7, 11) is 0. The van der Waals surface area contributed by atoms with Gasteiger partial charge in [-0.3, -0.25) is 4.79 Å². The Morgan fingerprint density at radius 1 is 1.03 bits per heavy atom. The van der Waals surface area contributed by atoms with Crippen LogP contribution in [0.4, 0.5) is 22.0 Å². The molecule has 2 aliphatic rings. The molecule has 0 saturated heterocycles. The highest BCUT2D eigenvalue weighted by molar-refractivity contribution is 7.99. The Balaban J connectivity index is 1.46. The van der Waals surface area contributed by atoms with Crippen molar-refractivity contribution in [1.29, 1.82) is 0 Å². The number of carbonyl (C=O) groups excluding carboxylic acids is 1. The molecular formula is C26H18Cl3F5N2OS. The first kappa shape index (κ1) is 27.5. The number of halogens is 8. The van der Waals surface area contributed by atoms with Crippen LogP contribution < -0.4 is 5.32 Å². The number of fused-ring (bicyclic) bond motifs is 1. The topological polar surface area (TPSA) is 41.5 Å². The van der Waals surface area contributed by atoms with Crippen LogP contribution in [0.1, 0.15) is 40.7 Å². The van der Waals surface area contributed by atoms with E-state index in [-0.39, 0.29) is 51.6 Å². The Morgan fingerprint density at radius 2 is 1.66 bits per heavy atom. The summed E-state index contributed by atoms with van der Waals surface area (Å²) in [4.78, 5) is 12.9. The highest BCUT2D eigenvalue weighted by Gasteiger charge is 2.60. The lowest BCUT2D eigenvalue weighted by molar-refractivity contribution is -0.159. The van der Waals surface area contributed by atoms with Gasteiger partial charge in [-0.05, 0) is 52.4 Å². The van der Waals surface area contributed by atoms with Crippen LogP contribution >= 0.6 is 46.8 Å². The monoisotopic (exact) mass is 606 g/mol. The summed E-state index contributed by atoms with van der Waals surface area (Å²) in [5.74, 6) is -3.42. The number of benzene rings is 3. The third-order valence-electron chi connectivity index (χ3n) is 6.84. The average Bonchev–Trinajstić information content (AvgIpc) is 3.30. The smallest absolute Gasteiger partial charge is 0.352 e. The molecule has 1 atom stereocenters. The van der Waals surface area contributed by atoms with E-state index < -0.39 is 29.2 Å². The Kier molecular flexibility index (Phi) is 7.12. The predicted octanol–water partition coefficient (Wildman–Crippen LogP) is 8.87. The molecule has 3 aromatic carbocycles. The van der Waals surface area contributed by atoms with Gasteiger partial charge < -0.3 is 5.32 Å². The van der Waals surface area contributed by atoms with Crippen molar-refractivity contribution in [3.05, 3.63) is 80.3 Å². The molecule has 200 valence electrons. The third kappa shape index (κ3) is 4.87. The van der Waals surface area contributed by atoms with Gasteiger partial charge in [-0.1, -0.05) is 65.1 Å². The van der Waals surface area contributed by atoms with Crippen molar-refractivity contribution in [2.24, 2.45) is 10.3 Å². The van der Waals surface area contributed by atoms with Crippen LogP contribution in [0.2, 0.25) is 15.1 Å². The highest BCUT2D eigenvalue weighted by Crippen LogP contribution is 2.58. The molecule has 12 heteroatoms. The zero-order valence-corrected chi connectivity index (χ0v) is 22.4. The van der Waals surface area contributed by atoms with Gasteiger partial charge in [0.15, 0.2) is 4.75 Å². The van der Waals surface area contributed by atoms with Gasteiger partial charge in [-0.15, -0.1) is 0 Å². The van der Waals surface area contributed by atoms with Gasteiger partial charge in [0.2, 0.25) is 5.92 Å². The van der Waals surface area contributed by atoms with Crippen molar-refractivity contribution >= 4 is 69.1 Å². The second-order valence-corrected chi connectivity index (χ2v) is 11.7. The van der Waals surface area contributed by atoms with Gasteiger partial charge in [-0.25, -0.2) is 13.2 Å². The molecule has 1 fully saturated rings. The van der Waals surface area contributed by atoms with E-state index in [0.29, 0.717) is 33.8 Å². The summed E-state index contributed by atoms with van der Waals surface area (Å²) in [5.41, 5.74) is 0.755. The number of hydrogen-bond acceptors (Lipinski definition) is 3. The number of rotatable bonds is 5. The van der Waals surface area contributed by atoms with Crippen molar-refractivity contribution in [3.8, 4) is 0 Å². The summed E-state index contributed by atoms with van der Waals surface area (Å²) in [6, 6.07) is 12.2. The molecule has 1 heterocycles. The molecule has 0 aromatic heterocycles. The van der Waals surface area contributed by atoms with Crippen molar-refractivity contribution in [1.82, 2.24) is 5.32 Å². The minimum atomic E-state index is -4.71. The maximum atomic E-state index is 14.6. The van der Waals surface area contributed by atoms with Crippen LogP contribution in [0.25, 0.3) is 10.8 Å². The third-order valence-corrected chi connectivity index (χ3v) is 9.27. The number of amides is 1. The Labute approximate surface area is 233 Å². The fraction of sp³-hybridized carbons (Fsp3) is 0.308. The summed E-state index contributed by atoms with van der Waals surface area (Å²) in [5, 5.41) is 3.51.